The Balaban J connectivity index is 2.23. The fourth-order valence-corrected chi connectivity index (χ4v) is 4.02. The van der Waals surface area contributed by atoms with Crippen LogP contribution in [0.2, 0.25) is 0 Å². The van der Waals surface area contributed by atoms with Crippen molar-refractivity contribution in [1.29, 1.82) is 0 Å². The van der Waals surface area contributed by atoms with Crippen molar-refractivity contribution in [3.05, 3.63) is 47.5 Å². The number of carboxylic acid groups (broad SMARTS) is 1. The highest BCUT2D eigenvalue weighted by Crippen LogP contribution is 2.25. The molecule has 0 unspecified atom stereocenters. The van der Waals surface area contributed by atoms with E-state index in [1.54, 1.807) is 6.07 Å². The minimum absolute atomic E-state index is 0.0937. The number of rotatable bonds is 17. The molecule has 224 valence electrons. The molecule has 2 atom stereocenters. The van der Waals surface area contributed by atoms with Crippen LogP contribution in [0.3, 0.4) is 0 Å². The average molecular weight is 573 g/mol. The first kappa shape index (κ1) is 33.0. The van der Waals surface area contributed by atoms with E-state index < -0.39 is 35.8 Å². The van der Waals surface area contributed by atoms with Crippen LogP contribution in [0.25, 0.3) is 0 Å². The maximum absolute atomic E-state index is 13.4. The molecule has 0 saturated carbocycles. The Kier molecular flexibility index (Phi) is 13.5. The van der Waals surface area contributed by atoms with Crippen LogP contribution in [0.1, 0.15) is 59.2 Å². The van der Waals surface area contributed by atoms with Gasteiger partial charge in [0.25, 0.3) is 5.91 Å². The van der Waals surface area contributed by atoms with Gasteiger partial charge in [-0.05, 0) is 81.6 Å². The molecule has 0 aliphatic rings. The SMILES string of the molecule is COc1ccc(NC(=O)[C@H](CCCCN)NC(=O)c2cc(NC(=O)[C@@H](N)CCCCN)ccc2OC)cc1C(=O)O. The second kappa shape index (κ2) is 16.8. The van der Waals surface area contributed by atoms with E-state index in [2.05, 4.69) is 16.0 Å². The van der Waals surface area contributed by atoms with E-state index in [-0.39, 0.29) is 34.7 Å². The molecule has 0 bridgehead atoms. The Morgan fingerprint density at radius 1 is 0.780 bits per heavy atom. The van der Waals surface area contributed by atoms with Crippen molar-refractivity contribution in [3.8, 4) is 11.5 Å². The number of amides is 3. The summed E-state index contributed by atoms with van der Waals surface area (Å²) < 4.78 is 10.4. The molecule has 0 aliphatic carbocycles. The number of hydrogen-bond donors (Lipinski definition) is 7. The number of benzene rings is 2. The highest BCUT2D eigenvalue weighted by molar-refractivity contribution is 6.04. The minimum atomic E-state index is -1.22. The molecule has 0 fully saturated rings. The van der Waals surface area contributed by atoms with E-state index in [4.69, 9.17) is 26.7 Å². The minimum Gasteiger partial charge on any atom is -0.496 e. The van der Waals surface area contributed by atoms with E-state index in [1.165, 1.54) is 44.6 Å². The van der Waals surface area contributed by atoms with Crippen molar-refractivity contribution in [2.24, 2.45) is 17.2 Å². The van der Waals surface area contributed by atoms with Crippen LogP contribution < -0.4 is 42.6 Å². The van der Waals surface area contributed by atoms with Crippen LogP contribution in [-0.4, -0.2) is 68.2 Å². The van der Waals surface area contributed by atoms with E-state index in [9.17, 15) is 24.3 Å². The standard InChI is InChI=1S/C28H40N6O7/c1-40-23-11-9-17(32-26(36)21(31)7-3-5-13-29)15-19(23)25(35)34-22(8-4-6-14-30)27(37)33-18-10-12-24(41-2)20(16-18)28(38)39/h9-12,15-16,21-22H,3-8,13-14,29-31H2,1-2H3,(H,32,36)(H,33,37)(H,34,35)(H,38,39)/t21-,22-/m0/s1. The van der Waals surface area contributed by atoms with Gasteiger partial charge in [0.15, 0.2) is 0 Å². The van der Waals surface area contributed by atoms with Crippen LogP contribution in [0.15, 0.2) is 36.4 Å². The van der Waals surface area contributed by atoms with Crippen LogP contribution >= 0.6 is 0 Å². The second-order valence-corrected chi connectivity index (χ2v) is 9.32. The van der Waals surface area contributed by atoms with Gasteiger partial charge in [-0.3, -0.25) is 14.4 Å². The second-order valence-electron chi connectivity index (χ2n) is 9.32. The Bertz CT molecular complexity index is 1210. The lowest BCUT2D eigenvalue weighted by molar-refractivity contribution is -0.118. The van der Waals surface area contributed by atoms with Gasteiger partial charge in [-0.1, -0.05) is 6.42 Å². The Morgan fingerprint density at radius 2 is 1.29 bits per heavy atom. The van der Waals surface area contributed by atoms with Crippen LogP contribution in [-0.2, 0) is 9.59 Å². The van der Waals surface area contributed by atoms with Gasteiger partial charge in [0.1, 0.15) is 23.1 Å². The third-order valence-corrected chi connectivity index (χ3v) is 6.28. The molecule has 2 aromatic carbocycles. The largest absolute Gasteiger partial charge is 0.496 e. The van der Waals surface area contributed by atoms with Gasteiger partial charge in [0, 0.05) is 11.4 Å². The van der Waals surface area contributed by atoms with E-state index >= 15 is 0 Å². The highest BCUT2D eigenvalue weighted by Gasteiger charge is 2.24. The summed E-state index contributed by atoms with van der Waals surface area (Å²) in [4.78, 5) is 50.7. The fraction of sp³-hybridized carbons (Fsp3) is 0.429. The van der Waals surface area contributed by atoms with Crippen molar-refractivity contribution in [2.75, 3.05) is 37.9 Å². The van der Waals surface area contributed by atoms with Gasteiger partial charge in [-0.2, -0.15) is 0 Å². The lowest BCUT2D eigenvalue weighted by Crippen LogP contribution is -2.44. The molecular formula is C28H40N6O7. The summed E-state index contributed by atoms with van der Waals surface area (Å²) in [5.41, 5.74) is 17.6. The summed E-state index contributed by atoms with van der Waals surface area (Å²) in [6, 6.07) is 7.02. The van der Waals surface area contributed by atoms with Crippen molar-refractivity contribution in [1.82, 2.24) is 5.32 Å². The fourth-order valence-electron chi connectivity index (χ4n) is 4.02. The molecule has 13 nitrogen and oxygen atoms in total. The number of ether oxygens (including phenoxy) is 2. The number of carbonyl (C=O) groups is 4. The Hall–Kier alpha value is -4.20. The lowest BCUT2D eigenvalue weighted by atomic mass is 10.1. The highest BCUT2D eigenvalue weighted by atomic mass is 16.5. The monoisotopic (exact) mass is 572 g/mol. The van der Waals surface area contributed by atoms with Crippen LogP contribution in [0, 0.1) is 0 Å². The number of unbranched alkanes of at least 4 members (excludes halogenated alkanes) is 2. The predicted molar refractivity (Wildman–Crippen MR) is 155 cm³/mol. The molecule has 0 radical (unpaired) electrons. The third kappa shape index (κ3) is 10.0. The van der Waals surface area contributed by atoms with E-state index in [0.717, 1.165) is 6.42 Å². The summed E-state index contributed by atoms with van der Waals surface area (Å²) in [6.07, 6.45) is 3.38. The first-order valence-corrected chi connectivity index (χ1v) is 13.3. The molecule has 13 heteroatoms. The number of aromatic carboxylic acids is 1. The van der Waals surface area contributed by atoms with E-state index in [0.29, 0.717) is 44.5 Å². The first-order valence-electron chi connectivity index (χ1n) is 13.3. The van der Waals surface area contributed by atoms with Crippen LogP contribution in [0.4, 0.5) is 11.4 Å². The molecule has 0 saturated heterocycles. The summed E-state index contributed by atoms with van der Waals surface area (Å²) >= 11 is 0. The zero-order chi connectivity index (χ0) is 30.4. The topological polar surface area (TPSA) is 221 Å². The van der Waals surface area contributed by atoms with E-state index in [1.807, 2.05) is 0 Å². The van der Waals surface area contributed by atoms with Gasteiger partial charge >= 0.3 is 5.97 Å². The quantitative estimate of drug-likeness (QED) is 0.136. The Morgan fingerprint density at radius 3 is 1.83 bits per heavy atom. The number of carboxylic acids is 1. The molecular weight excluding hydrogens is 532 g/mol. The molecule has 41 heavy (non-hydrogen) atoms. The van der Waals surface area contributed by atoms with Crippen LogP contribution in [0.5, 0.6) is 11.5 Å². The van der Waals surface area contributed by atoms with Crippen molar-refractivity contribution in [3.63, 3.8) is 0 Å². The number of nitrogens with one attached hydrogen (secondary N) is 3. The van der Waals surface area contributed by atoms with Gasteiger partial charge < -0.3 is 47.7 Å². The first-order chi connectivity index (χ1) is 19.6. The van der Waals surface area contributed by atoms with Crippen molar-refractivity contribution >= 4 is 35.1 Å². The lowest BCUT2D eigenvalue weighted by Gasteiger charge is -2.20. The predicted octanol–water partition coefficient (Wildman–Crippen LogP) is 1.66. The smallest absolute Gasteiger partial charge is 0.339 e. The normalized spacial score (nSPS) is 12.1. The van der Waals surface area contributed by atoms with Gasteiger partial charge in [0.05, 0.1) is 25.8 Å². The van der Waals surface area contributed by atoms with Crippen molar-refractivity contribution < 1.29 is 33.8 Å². The summed E-state index contributed by atoms with van der Waals surface area (Å²) in [5.74, 6) is -2.42. The zero-order valence-corrected chi connectivity index (χ0v) is 23.4. The molecule has 0 aliphatic heterocycles. The number of anilines is 2. The maximum atomic E-state index is 13.4. The number of methoxy groups -OCH3 is 2. The number of hydrogen-bond acceptors (Lipinski definition) is 9. The van der Waals surface area contributed by atoms with Gasteiger partial charge in [-0.15, -0.1) is 0 Å². The Labute approximate surface area is 239 Å². The molecule has 2 aromatic rings. The molecule has 0 heterocycles. The summed E-state index contributed by atoms with van der Waals surface area (Å²) in [5, 5.41) is 17.5. The number of nitrogens with two attached hydrogens (primary N) is 3. The molecule has 0 spiro atoms. The number of carbonyl (C=O) groups excluding carboxylic acids is 3. The molecule has 10 N–H and O–H groups in total. The zero-order valence-electron chi connectivity index (χ0n) is 23.4. The molecule has 2 rings (SSSR count). The average Bonchev–Trinajstić information content (AvgIpc) is 2.96. The van der Waals surface area contributed by atoms with Gasteiger partial charge in [0.2, 0.25) is 11.8 Å². The summed E-state index contributed by atoms with van der Waals surface area (Å²) in [7, 11) is 2.74. The molecule has 0 aromatic heterocycles. The van der Waals surface area contributed by atoms with Crippen molar-refractivity contribution in [2.45, 2.75) is 50.6 Å². The van der Waals surface area contributed by atoms with Gasteiger partial charge in [-0.25, -0.2) is 4.79 Å². The molecule has 3 amide bonds. The third-order valence-electron chi connectivity index (χ3n) is 6.28. The summed E-state index contributed by atoms with van der Waals surface area (Å²) in [6.45, 7) is 0.923. The maximum Gasteiger partial charge on any atom is 0.339 e.